The van der Waals surface area contributed by atoms with Crippen LogP contribution >= 0.6 is 46.4 Å². The molecule has 0 aliphatic carbocycles. The van der Waals surface area contributed by atoms with Crippen molar-refractivity contribution in [3.63, 3.8) is 0 Å². The summed E-state index contributed by atoms with van der Waals surface area (Å²) in [4.78, 5) is 77.0. The number of nitrogens with one attached hydrogen (secondary N) is 4. The number of hydrogen-bond donors (Lipinski definition) is 4. The molecule has 0 bridgehead atoms. The number of carbonyl (C=O) groups is 6. The Morgan fingerprint density at radius 1 is 0.500 bits per heavy atom. The first-order chi connectivity index (χ1) is 28.7. The molecule has 14 nitrogen and oxygen atoms in total. The van der Waals surface area contributed by atoms with Crippen LogP contribution in [0.1, 0.15) is 45.7 Å². The highest BCUT2D eigenvalue weighted by Crippen LogP contribution is 2.29. The highest BCUT2D eigenvalue weighted by Gasteiger charge is 2.25. The SMILES string of the molecule is CC(=O)C(N=Nc1cc(C(=O)Nc2cccc(CCl)c2)ccc1Cl)C(=O)Nc1ccc(NC(=O)C(N=Nc2cc(C(=O)Nc3cccc(CCl)c3)ccc2Cl)C(C)=O)cc1. The molecule has 0 fully saturated rings. The highest BCUT2D eigenvalue weighted by molar-refractivity contribution is 6.33. The number of nitrogens with zero attached hydrogens (tertiary/aromatic N) is 4. The molecule has 60 heavy (non-hydrogen) atoms. The highest BCUT2D eigenvalue weighted by atomic mass is 35.5. The number of carbonyl (C=O) groups excluding carboxylic acids is 6. The summed E-state index contributed by atoms with van der Waals surface area (Å²) < 4.78 is 0. The number of amides is 4. The fraction of sp³-hybridized carbons (Fsp3) is 0.143. The van der Waals surface area contributed by atoms with Crippen molar-refractivity contribution in [3.8, 4) is 0 Å². The monoisotopic (exact) mass is 886 g/mol. The molecule has 0 spiro atoms. The van der Waals surface area contributed by atoms with Gasteiger partial charge in [-0.05, 0) is 110 Å². The molecule has 4 amide bonds. The summed E-state index contributed by atoms with van der Waals surface area (Å²) in [5.41, 5.74) is 3.65. The van der Waals surface area contributed by atoms with Crippen LogP contribution in [0.4, 0.5) is 34.1 Å². The summed E-state index contributed by atoms with van der Waals surface area (Å²) in [6.07, 6.45) is 0. The third-order valence-corrected chi connectivity index (χ3v) is 9.60. The van der Waals surface area contributed by atoms with Gasteiger partial charge in [-0.25, -0.2) is 0 Å². The van der Waals surface area contributed by atoms with Gasteiger partial charge >= 0.3 is 0 Å². The van der Waals surface area contributed by atoms with Gasteiger partial charge in [-0.1, -0.05) is 47.5 Å². The van der Waals surface area contributed by atoms with Gasteiger partial charge in [0.1, 0.15) is 11.4 Å². The van der Waals surface area contributed by atoms with Crippen molar-refractivity contribution in [2.24, 2.45) is 20.5 Å². The largest absolute Gasteiger partial charge is 0.324 e. The second-order valence-electron chi connectivity index (χ2n) is 12.9. The minimum atomic E-state index is -1.57. The van der Waals surface area contributed by atoms with E-state index in [1.807, 2.05) is 12.1 Å². The summed E-state index contributed by atoms with van der Waals surface area (Å²) in [7, 11) is 0. The summed E-state index contributed by atoms with van der Waals surface area (Å²) in [6.45, 7) is 2.33. The first-order valence-corrected chi connectivity index (χ1v) is 19.6. The smallest absolute Gasteiger partial charge is 0.258 e. The van der Waals surface area contributed by atoms with E-state index >= 15 is 0 Å². The Kier molecular flexibility index (Phi) is 15.7. The standard InChI is InChI=1S/C42H34Cl4N8O6/c1-23(55)37(53-51-35-19-27(9-15-33(35)45)39(57)49-31-7-3-5-25(17-31)21-43)41(59)47-29-11-13-30(14-12-29)48-42(60)38(24(2)56)54-52-36-20-28(10-16-34(36)46)40(58)50-32-8-4-6-26(18-32)22-44/h3-20,37-38H,21-22H2,1-2H3,(H,47,59)(H,48,60)(H,49,57)(H,50,58). The number of rotatable bonds is 16. The predicted molar refractivity (Wildman–Crippen MR) is 232 cm³/mol. The van der Waals surface area contributed by atoms with Crippen LogP contribution < -0.4 is 21.3 Å². The lowest BCUT2D eigenvalue weighted by Crippen LogP contribution is -2.32. The van der Waals surface area contributed by atoms with Crippen molar-refractivity contribution in [1.82, 2.24) is 0 Å². The van der Waals surface area contributed by atoms with E-state index in [0.717, 1.165) is 25.0 Å². The van der Waals surface area contributed by atoms with Crippen LogP contribution in [0.5, 0.6) is 0 Å². The molecule has 4 N–H and O–H groups in total. The third-order valence-electron chi connectivity index (χ3n) is 8.34. The van der Waals surface area contributed by atoms with Crippen LogP contribution in [0.25, 0.3) is 0 Å². The Labute approximate surface area is 363 Å². The number of halogens is 4. The van der Waals surface area contributed by atoms with Gasteiger partial charge in [0.2, 0.25) is 12.1 Å². The molecule has 0 aromatic heterocycles. The molecule has 0 radical (unpaired) electrons. The Bertz CT molecular complexity index is 2340. The maximum Gasteiger partial charge on any atom is 0.258 e. The van der Waals surface area contributed by atoms with Crippen molar-refractivity contribution in [1.29, 1.82) is 0 Å². The molecule has 306 valence electrons. The number of azo groups is 2. The van der Waals surface area contributed by atoms with E-state index in [-0.39, 0.29) is 55.7 Å². The van der Waals surface area contributed by atoms with E-state index in [1.54, 1.807) is 36.4 Å². The number of benzene rings is 5. The molecule has 18 heteroatoms. The van der Waals surface area contributed by atoms with Crippen molar-refractivity contribution >= 4 is 116 Å². The Balaban J connectivity index is 1.21. The lowest BCUT2D eigenvalue weighted by molar-refractivity contribution is -0.127. The Hall–Kier alpha value is -6.32. The Morgan fingerprint density at radius 2 is 0.883 bits per heavy atom. The van der Waals surface area contributed by atoms with Crippen molar-refractivity contribution in [3.05, 3.63) is 141 Å². The number of alkyl halides is 2. The topological polar surface area (TPSA) is 200 Å². The summed E-state index contributed by atoms with van der Waals surface area (Å²) >= 11 is 24.4. The first kappa shape index (κ1) is 44.8. The van der Waals surface area contributed by atoms with Crippen LogP contribution in [-0.2, 0) is 30.9 Å². The minimum Gasteiger partial charge on any atom is -0.324 e. The molecular weight excluding hydrogens is 854 g/mol. The third kappa shape index (κ3) is 12.3. The Morgan fingerprint density at radius 3 is 1.23 bits per heavy atom. The molecule has 2 unspecified atom stereocenters. The van der Waals surface area contributed by atoms with Crippen LogP contribution in [0.3, 0.4) is 0 Å². The molecular formula is C42H34Cl4N8O6. The van der Waals surface area contributed by atoms with Crippen LogP contribution in [0, 0.1) is 0 Å². The number of Topliss-reactive ketones (excluding diaryl/α,β-unsaturated/α-hetero) is 2. The molecule has 5 aromatic carbocycles. The second-order valence-corrected chi connectivity index (χ2v) is 14.3. The maximum atomic E-state index is 13.1. The molecule has 0 aliphatic rings. The maximum absolute atomic E-state index is 13.1. The number of ketones is 2. The average molecular weight is 889 g/mol. The molecule has 5 aromatic rings. The average Bonchev–Trinajstić information content (AvgIpc) is 3.22. The van der Waals surface area contributed by atoms with Gasteiger partial charge in [0, 0.05) is 45.6 Å². The molecule has 0 saturated carbocycles. The lowest BCUT2D eigenvalue weighted by Gasteiger charge is -2.12. The van der Waals surface area contributed by atoms with Crippen molar-refractivity contribution in [2.45, 2.75) is 37.7 Å². The van der Waals surface area contributed by atoms with Crippen molar-refractivity contribution < 1.29 is 28.8 Å². The molecule has 0 heterocycles. The van der Waals surface area contributed by atoms with Gasteiger partial charge in [0.25, 0.3) is 23.6 Å². The normalized spacial score (nSPS) is 12.1. The minimum absolute atomic E-state index is 0.0472. The zero-order valence-electron chi connectivity index (χ0n) is 31.7. The van der Waals surface area contributed by atoms with Crippen LogP contribution in [0.15, 0.2) is 130 Å². The summed E-state index contributed by atoms with van der Waals surface area (Å²) in [6, 6.07) is 25.2. The zero-order chi connectivity index (χ0) is 43.3. The van der Waals surface area contributed by atoms with Gasteiger partial charge in [-0.15, -0.1) is 23.2 Å². The number of anilines is 4. The van der Waals surface area contributed by atoms with Gasteiger partial charge in [0.05, 0.1) is 10.0 Å². The van der Waals surface area contributed by atoms with Crippen LogP contribution in [-0.4, -0.2) is 47.3 Å². The molecule has 0 aliphatic heterocycles. The predicted octanol–water partition coefficient (Wildman–Crippen LogP) is 10.3. The molecule has 2 atom stereocenters. The second kappa shape index (κ2) is 21.1. The van der Waals surface area contributed by atoms with Gasteiger partial charge in [-0.2, -0.15) is 20.5 Å². The van der Waals surface area contributed by atoms with E-state index in [0.29, 0.717) is 11.4 Å². The summed E-state index contributed by atoms with van der Waals surface area (Å²) in [5.74, 6) is -3.26. The zero-order valence-corrected chi connectivity index (χ0v) is 34.7. The van der Waals surface area contributed by atoms with E-state index in [9.17, 15) is 28.8 Å². The van der Waals surface area contributed by atoms with Gasteiger partial charge in [-0.3, -0.25) is 28.8 Å². The quantitative estimate of drug-likeness (QED) is 0.0431. The molecule has 5 rings (SSSR count). The van der Waals surface area contributed by atoms with Gasteiger partial charge < -0.3 is 21.3 Å². The fourth-order valence-corrected chi connectivity index (χ4v) is 5.91. The van der Waals surface area contributed by atoms with Crippen molar-refractivity contribution in [2.75, 3.05) is 21.3 Å². The lowest BCUT2D eigenvalue weighted by atomic mass is 10.1. The summed E-state index contributed by atoms with van der Waals surface area (Å²) in [5, 5.41) is 26.8. The van der Waals surface area contributed by atoms with E-state index in [2.05, 4.69) is 41.7 Å². The van der Waals surface area contributed by atoms with E-state index in [4.69, 9.17) is 46.4 Å². The first-order valence-electron chi connectivity index (χ1n) is 17.8. The number of hydrogen-bond acceptors (Lipinski definition) is 10. The molecule has 0 saturated heterocycles. The fourth-order valence-electron chi connectivity index (χ4n) is 5.27. The van der Waals surface area contributed by atoms with Crippen LogP contribution in [0.2, 0.25) is 10.0 Å². The van der Waals surface area contributed by atoms with Gasteiger partial charge in [0.15, 0.2) is 11.6 Å². The van der Waals surface area contributed by atoms with E-state index in [1.165, 1.54) is 60.7 Å². The van der Waals surface area contributed by atoms with E-state index < -0.39 is 47.3 Å².